The van der Waals surface area contributed by atoms with E-state index in [1.807, 2.05) is 19.9 Å². The molecule has 0 aliphatic rings. The number of fused-ring (bicyclic) bond motifs is 1. The summed E-state index contributed by atoms with van der Waals surface area (Å²) < 4.78 is 1.57. The maximum Gasteiger partial charge on any atom is 0.326 e. The Balaban J connectivity index is 2.48. The molecule has 0 spiro atoms. The molecular formula is C13H16N4O3. The van der Waals surface area contributed by atoms with Crippen molar-refractivity contribution in [3.05, 3.63) is 29.2 Å². The summed E-state index contributed by atoms with van der Waals surface area (Å²) in [5.41, 5.74) is 2.38. The van der Waals surface area contributed by atoms with Crippen molar-refractivity contribution in [3.63, 3.8) is 0 Å². The third-order valence-corrected chi connectivity index (χ3v) is 3.27. The lowest BCUT2D eigenvalue weighted by Crippen LogP contribution is -2.40. The minimum absolute atomic E-state index is 0.299. The minimum atomic E-state index is -1.06. The van der Waals surface area contributed by atoms with E-state index in [0.29, 0.717) is 11.2 Å². The molecule has 2 aromatic rings. The summed E-state index contributed by atoms with van der Waals surface area (Å²) in [6.45, 7) is 5.15. The molecule has 0 bridgehead atoms. The molecule has 0 aliphatic heterocycles. The number of hydrogen-bond donors (Lipinski definition) is 1. The van der Waals surface area contributed by atoms with Crippen LogP contribution in [0.4, 0.5) is 0 Å². The molecule has 1 amide bonds. The number of aromatic nitrogens is 3. The number of amides is 1. The zero-order chi connectivity index (χ0) is 15.0. The topological polar surface area (TPSA) is 87.8 Å². The van der Waals surface area contributed by atoms with Gasteiger partial charge in [-0.05, 0) is 26.8 Å². The van der Waals surface area contributed by atoms with Crippen molar-refractivity contribution in [2.45, 2.75) is 26.8 Å². The Hall–Kier alpha value is -2.44. The van der Waals surface area contributed by atoms with Crippen LogP contribution < -0.4 is 0 Å². The first kappa shape index (κ1) is 14.0. The number of carbonyl (C=O) groups excluding carboxylic acids is 1. The highest BCUT2D eigenvalue weighted by atomic mass is 16.4. The summed E-state index contributed by atoms with van der Waals surface area (Å²) in [7, 11) is 1.45. The summed E-state index contributed by atoms with van der Waals surface area (Å²) in [5, 5.41) is 13.1. The smallest absolute Gasteiger partial charge is 0.326 e. The van der Waals surface area contributed by atoms with E-state index in [-0.39, 0.29) is 0 Å². The van der Waals surface area contributed by atoms with Gasteiger partial charge in [0.25, 0.3) is 5.91 Å². The Kier molecular flexibility index (Phi) is 3.44. The lowest BCUT2D eigenvalue weighted by atomic mass is 10.2. The van der Waals surface area contributed by atoms with Gasteiger partial charge < -0.3 is 10.0 Å². The standard InChI is InChI=1S/C13H16N4O3/c1-7-5-8(2)17-11(15-7)10(6-14-17)12(18)16(4)9(3)13(19)20/h5-6,9H,1-4H3,(H,19,20). The third-order valence-electron chi connectivity index (χ3n) is 3.27. The molecule has 0 aliphatic carbocycles. The highest BCUT2D eigenvalue weighted by Crippen LogP contribution is 2.14. The van der Waals surface area contributed by atoms with Crippen molar-refractivity contribution in [3.8, 4) is 0 Å². The zero-order valence-electron chi connectivity index (χ0n) is 11.8. The van der Waals surface area contributed by atoms with Crippen LogP contribution in [0.5, 0.6) is 0 Å². The second kappa shape index (κ2) is 4.92. The van der Waals surface area contributed by atoms with Crippen LogP contribution in [0, 0.1) is 13.8 Å². The molecule has 2 aromatic heterocycles. The Morgan fingerprint density at radius 3 is 2.65 bits per heavy atom. The van der Waals surface area contributed by atoms with Crippen LogP contribution in [0.1, 0.15) is 28.7 Å². The van der Waals surface area contributed by atoms with Crippen molar-refractivity contribution in [2.24, 2.45) is 0 Å². The van der Waals surface area contributed by atoms with E-state index < -0.39 is 17.9 Å². The van der Waals surface area contributed by atoms with Gasteiger partial charge in [0.2, 0.25) is 0 Å². The molecule has 2 rings (SSSR count). The first-order valence-electron chi connectivity index (χ1n) is 6.15. The second-order valence-electron chi connectivity index (χ2n) is 4.76. The first-order valence-corrected chi connectivity index (χ1v) is 6.15. The van der Waals surface area contributed by atoms with E-state index in [0.717, 1.165) is 11.4 Å². The number of carboxylic acids is 1. The van der Waals surface area contributed by atoms with E-state index >= 15 is 0 Å². The second-order valence-corrected chi connectivity index (χ2v) is 4.76. The zero-order valence-corrected chi connectivity index (χ0v) is 11.8. The molecule has 2 heterocycles. The van der Waals surface area contributed by atoms with E-state index in [1.165, 1.54) is 25.1 Å². The Bertz CT molecular complexity index is 692. The largest absolute Gasteiger partial charge is 0.480 e. The average Bonchev–Trinajstić information content (AvgIpc) is 2.79. The quantitative estimate of drug-likeness (QED) is 0.899. The van der Waals surface area contributed by atoms with Gasteiger partial charge >= 0.3 is 5.97 Å². The van der Waals surface area contributed by atoms with E-state index in [1.54, 1.807) is 4.52 Å². The van der Waals surface area contributed by atoms with Gasteiger partial charge in [-0.1, -0.05) is 0 Å². The molecule has 7 heteroatoms. The fraction of sp³-hybridized carbons (Fsp3) is 0.385. The minimum Gasteiger partial charge on any atom is -0.480 e. The summed E-state index contributed by atoms with van der Waals surface area (Å²) >= 11 is 0. The number of rotatable bonds is 3. The van der Waals surface area contributed by atoms with Crippen LogP contribution >= 0.6 is 0 Å². The number of aryl methyl sites for hydroxylation is 2. The van der Waals surface area contributed by atoms with Crippen LogP contribution in [0.2, 0.25) is 0 Å². The Morgan fingerprint density at radius 1 is 1.40 bits per heavy atom. The molecule has 1 N–H and O–H groups in total. The summed E-state index contributed by atoms with van der Waals surface area (Å²) in [5.74, 6) is -1.47. The first-order chi connectivity index (χ1) is 9.32. The molecule has 0 fully saturated rings. The van der Waals surface area contributed by atoms with Crippen LogP contribution in [0.25, 0.3) is 5.65 Å². The molecule has 0 aromatic carbocycles. The van der Waals surface area contributed by atoms with Crippen molar-refractivity contribution in [1.29, 1.82) is 0 Å². The average molecular weight is 276 g/mol. The number of carboxylic acid groups (broad SMARTS) is 1. The molecule has 106 valence electrons. The van der Waals surface area contributed by atoms with Gasteiger partial charge in [-0.2, -0.15) is 5.10 Å². The van der Waals surface area contributed by atoms with Gasteiger partial charge in [0.1, 0.15) is 11.6 Å². The van der Waals surface area contributed by atoms with Gasteiger partial charge in [-0.25, -0.2) is 14.3 Å². The van der Waals surface area contributed by atoms with Gasteiger partial charge in [-0.3, -0.25) is 4.79 Å². The third kappa shape index (κ3) is 2.22. The van der Waals surface area contributed by atoms with Gasteiger partial charge in [-0.15, -0.1) is 0 Å². The van der Waals surface area contributed by atoms with Crippen molar-refractivity contribution < 1.29 is 14.7 Å². The predicted molar refractivity (Wildman–Crippen MR) is 71.7 cm³/mol. The van der Waals surface area contributed by atoms with Crippen LogP contribution in [0.3, 0.4) is 0 Å². The highest BCUT2D eigenvalue weighted by Gasteiger charge is 2.25. The van der Waals surface area contributed by atoms with Crippen molar-refractivity contribution in [1.82, 2.24) is 19.5 Å². The maximum absolute atomic E-state index is 12.4. The van der Waals surface area contributed by atoms with Gasteiger partial charge in [0.05, 0.1) is 6.20 Å². The van der Waals surface area contributed by atoms with Crippen molar-refractivity contribution >= 4 is 17.5 Å². The number of nitrogens with zero attached hydrogens (tertiary/aromatic N) is 4. The normalized spacial score (nSPS) is 12.4. The molecule has 0 saturated carbocycles. The molecule has 1 atom stereocenters. The molecule has 7 nitrogen and oxygen atoms in total. The van der Waals surface area contributed by atoms with E-state index in [4.69, 9.17) is 5.11 Å². The highest BCUT2D eigenvalue weighted by molar-refractivity contribution is 6.01. The van der Waals surface area contributed by atoms with Gasteiger partial charge in [0, 0.05) is 18.4 Å². The molecular weight excluding hydrogens is 260 g/mol. The number of hydrogen-bond acceptors (Lipinski definition) is 4. The summed E-state index contributed by atoms with van der Waals surface area (Å²) in [6, 6.07) is 0.945. The SMILES string of the molecule is Cc1cc(C)n2ncc(C(=O)N(C)C(C)C(=O)O)c2n1. The van der Waals surface area contributed by atoms with E-state index in [2.05, 4.69) is 10.1 Å². The Morgan fingerprint density at radius 2 is 2.05 bits per heavy atom. The maximum atomic E-state index is 12.4. The fourth-order valence-electron chi connectivity index (χ4n) is 1.95. The number of aliphatic carboxylic acids is 1. The number of carbonyl (C=O) groups is 2. The molecule has 20 heavy (non-hydrogen) atoms. The molecule has 0 saturated heterocycles. The van der Waals surface area contributed by atoms with Gasteiger partial charge in [0.15, 0.2) is 5.65 Å². The lowest BCUT2D eigenvalue weighted by molar-refractivity contribution is -0.141. The molecule has 0 radical (unpaired) electrons. The van der Waals surface area contributed by atoms with Crippen LogP contribution in [0.15, 0.2) is 12.3 Å². The fourth-order valence-corrected chi connectivity index (χ4v) is 1.95. The number of likely N-dealkylation sites (N-methyl/N-ethyl adjacent to an activating group) is 1. The molecule has 1 unspecified atom stereocenters. The summed E-state index contributed by atoms with van der Waals surface area (Å²) in [4.78, 5) is 28.8. The van der Waals surface area contributed by atoms with E-state index in [9.17, 15) is 9.59 Å². The predicted octanol–water partition coefficient (Wildman–Crippen LogP) is 0.891. The van der Waals surface area contributed by atoms with Crippen LogP contribution in [-0.4, -0.2) is 49.6 Å². The Labute approximate surface area is 115 Å². The summed E-state index contributed by atoms with van der Waals surface area (Å²) in [6.07, 6.45) is 1.42. The monoisotopic (exact) mass is 276 g/mol. The van der Waals surface area contributed by atoms with Crippen LogP contribution in [-0.2, 0) is 4.79 Å². The van der Waals surface area contributed by atoms with Crippen molar-refractivity contribution in [2.75, 3.05) is 7.05 Å². The lowest BCUT2D eigenvalue weighted by Gasteiger charge is -2.20.